The molecular formula is C15H19F2N3O5S. The van der Waals surface area contributed by atoms with E-state index < -0.39 is 44.5 Å². The third-order valence-corrected chi connectivity index (χ3v) is 5.43. The number of halogens is 2. The molecule has 0 spiro atoms. The van der Waals surface area contributed by atoms with Gasteiger partial charge in [0, 0.05) is 32.2 Å². The summed E-state index contributed by atoms with van der Waals surface area (Å²) in [5.41, 5.74) is 0. The summed E-state index contributed by atoms with van der Waals surface area (Å²) in [5.74, 6) is -3.68. The molecule has 2 amide bonds. The van der Waals surface area contributed by atoms with Gasteiger partial charge < -0.3 is 15.3 Å². The molecule has 1 atom stereocenters. The Kier molecular flexibility index (Phi) is 6.48. The van der Waals surface area contributed by atoms with Crippen molar-refractivity contribution in [3.05, 3.63) is 29.8 Å². The largest absolute Gasteiger partial charge is 0.481 e. The van der Waals surface area contributed by atoms with Gasteiger partial charge in [0.05, 0.1) is 5.92 Å². The van der Waals surface area contributed by atoms with Crippen molar-refractivity contribution in [2.24, 2.45) is 5.92 Å². The molecule has 1 unspecified atom stereocenters. The first-order valence-corrected chi connectivity index (χ1v) is 9.39. The Bertz CT molecular complexity index is 787. The van der Waals surface area contributed by atoms with Crippen LogP contribution in [0.1, 0.15) is 12.8 Å². The second-order valence-electron chi connectivity index (χ2n) is 5.83. The van der Waals surface area contributed by atoms with Gasteiger partial charge in [-0.2, -0.15) is 0 Å². The Morgan fingerprint density at radius 3 is 2.65 bits per heavy atom. The van der Waals surface area contributed by atoms with Crippen LogP contribution in [0.2, 0.25) is 0 Å². The summed E-state index contributed by atoms with van der Waals surface area (Å²) in [4.78, 5) is 23.7. The molecule has 1 fully saturated rings. The van der Waals surface area contributed by atoms with Crippen molar-refractivity contribution < 1.29 is 31.9 Å². The molecule has 1 heterocycles. The van der Waals surface area contributed by atoms with Crippen LogP contribution >= 0.6 is 0 Å². The second kappa shape index (κ2) is 8.41. The van der Waals surface area contributed by atoms with Gasteiger partial charge in [0.25, 0.3) is 0 Å². The van der Waals surface area contributed by atoms with Crippen molar-refractivity contribution in [1.82, 2.24) is 14.9 Å². The molecule has 1 aliphatic heterocycles. The van der Waals surface area contributed by atoms with Crippen molar-refractivity contribution in [1.29, 1.82) is 0 Å². The first-order chi connectivity index (χ1) is 12.2. The van der Waals surface area contributed by atoms with E-state index in [9.17, 15) is 26.8 Å². The van der Waals surface area contributed by atoms with Crippen LogP contribution < -0.4 is 10.0 Å². The number of nitrogens with zero attached hydrogens (tertiary/aromatic N) is 1. The van der Waals surface area contributed by atoms with E-state index in [0.717, 1.165) is 12.1 Å². The number of sulfonamides is 1. The molecule has 0 radical (unpaired) electrons. The minimum Gasteiger partial charge on any atom is -0.481 e. The van der Waals surface area contributed by atoms with E-state index in [-0.39, 0.29) is 19.6 Å². The quantitative estimate of drug-likeness (QED) is 0.619. The smallest absolute Gasteiger partial charge is 0.317 e. The molecule has 0 aromatic heterocycles. The van der Waals surface area contributed by atoms with E-state index in [4.69, 9.17) is 5.11 Å². The number of carbonyl (C=O) groups is 2. The van der Waals surface area contributed by atoms with Crippen molar-refractivity contribution in [3.63, 3.8) is 0 Å². The molecule has 1 aromatic rings. The fourth-order valence-corrected chi connectivity index (χ4v) is 3.69. The van der Waals surface area contributed by atoms with Gasteiger partial charge in [0.2, 0.25) is 10.0 Å². The normalized spacial score (nSPS) is 17.8. The Labute approximate surface area is 149 Å². The number of piperidine rings is 1. The molecule has 144 valence electrons. The predicted molar refractivity (Wildman–Crippen MR) is 86.9 cm³/mol. The van der Waals surface area contributed by atoms with Crippen LogP contribution in [0.5, 0.6) is 0 Å². The van der Waals surface area contributed by atoms with Crippen LogP contribution in [0.3, 0.4) is 0 Å². The van der Waals surface area contributed by atoms with Gasteiger partial charge in [-0.05, 0) is 25.0 Å². The molecule has 1 aliphatic rings. The lowest BCUT2D eigenvalue weighted by Crippen LogP contribution is -2.48. The monoisotopic (exact) mass is 391 g/mol. The van der Waals surface area contributed by atoms with Crippen LogP contribution in [0.15, 0.2) is 23.1 Å². The van der Waals surface area contributed by atoms with E-state index >= 15 is 0 Å². The number of carboxylic acids is 1. The number of aliphatic carboxylic acids is 1. The molecule has 26 heavy (non-hydrogen) atoms. The number of hydrogen-bond acceptors (Lipinski definition) is 4. The SMILES string of the molecule is O=C(O)C1CCCN(C(=O)NCCNS(=O)(=O)c2ccc(F)cc2F)C1. The molecule has 1 aromatic carbocycles. The zero-order chi connectivity index (χ0) is 19.3. The Balaban J connectivity index is 1.82. The average Bonchev–Trinajstić information content (AvgIpc) is 2.58. The molecule has 11 heteroatoms. The summed E-state index contributed by atoms with van der Waals surface area (Å²) in [5, 5.41) is 11.5. The highest BCUT2D eigenvalue weighted by Gasteiger charge is 2.28. The van der Waals surface area contributed by atoms with Gasteiger partial charge in [0.1, 0.15) is 16.5 Å². The molecule has 2 rings (SSSR count). The lowest BCUT2D eigenvalue weighted by atomic mass is 9.99. The molecule has 1 saturated heterocycles. The summed E-state index contributed by atoms with van der Waals surface area (Å²) in [6.07, 6.45) is 1.07. The minimum absolute atomic E-state index is 0.0743. The maximum atomic E-state index is 13.5. The first kappa shape index (κ1) is 20.0. The molecule has 8 nitrogen and oxygen atoms in total. The van der Waals surface area contributed by atoms with E-state index in [1.807, 2.05) is 0 Å². The van der Waals surface area contributed by atoms with E-state index in [2.05, 4.69) is 10.0 Å². The van der Waals surface area contributed by atoms with Crippen LogP contribution in [-0.4, -0.2) is 56.6 Å². The van der Waals surface area contributed by atoms with Crippen molar-refractivity contribution in [2.75, 3.05) is 26.2 Å². The maximum Gasteiger partial charge on any atom is 0.317 e. The molecule has 0 saturated carbocycles. The highest BCUT2D eigenvalue weighted by molar-refractivity contribution is 7.89. The summed E-state index contributed by atoms with van der Waals surface area (Å²) < 4.78 is 52.4. The molecule has 0 bridgehead atoms. The zero-order valence-corrected chi connectivity index (χ0v) is 14.6. The van der Waals surface area contributed by atoms with Crippen molar-refractivity contribution >= 4 is 22.0 Å². The Hall–Kier alpha value is -2.27. The molecular weight excluding hydrogens is 372 g/mol. The molecule has 0 aliphatic carbocycles. The molecule has 3 N–H and O–H groups in total. The lowest BCUT2D eigenvalue weighted by Gasteiger charge is -2.30. The van der Waals surface area contributed by atoms with Crippen LogP contribution in [0.25, 0.3) is 0 Å². The fraction of sp³-hybridized carbons (Fsp3) is 0.467. The summed E-state index contributed by atoms with van der Waals surface area (Å²) in [6.45, 7) is 0.228. The van der Waals surface area contributed by atoms with Crippen LogP contribution in [0, 0.1) is 17.6 Å². The third kappa shape index (κ3) is 5.11. The standard InChI is InChI=1S/C15H19F2N3O5S/c16-11-3-4-13(12(17)8-11)26(24,25)19-6-5-18-15(23)20-7-1-2-10(9-20)14(21)22/h3-4,8,10,19H,1-2,5-7,9H2,(H,18,23)(H,21,22). The van der Waals surface area contributed by atoms with Crippen molar-refractivity contribution in [2.45, 2.75) is 17.7 Å². The topological polar surface area (TPSA) is 116 Å². The number of amides is 2. The average molecular weight is 391 g/mol. The number of benzene rings is 1. The van der Waals surface area contributed by atoms with Gasteiger partial charge >= 0.3 is 12.0 Å². The van der Waals surface area contributed by atoms with Gasteiger partial charge in [-0.25, -0.2) is 26.7 Å². The number of likely N-dealkylation sites (tertiary alicyclic amines) is 1. The Morgan fingerprint density at radius 2 is 2.00 bits per heavy atom. The summed E-state index contributed by atoms with van der Waals surface area (Å²) in [6, 6.07) is 1.61. The van der Waals surface area contributed by atoms with Crippen LogP contribution in [-0.2, 0) is 14.8 Å². The fourth-order valence-electron chi connectivity index (χ4n) is 2.60. The summed E-state index contributed by atoms with van der Waals surface area (Å²) in [7, 11) is -4.18. The number of carbonyl (C=O) groups excluding carboxylic acids is 1. The lowest BCUT2D eigenvalue weighted by molar-refractivity contribution is -0.143. The Morgan fingerprint density at radius 1 is 1.27 bits per heavy atom. The van der Waals surface area contributed by atoms with E-state index in [1.165, 1.54) is 4.90 Å². The number of hydrogen-bond donors (Lipinski definition) is 3. The third-order valence-electron chi connectivity index (χ3n) is 3.93. The number of rotatable bonds is 6. The zero-order valence-electron chi connectivity index (χ0n) is 13.7. The maximum absolute atomic E-state index is 13.5. The van der Waals surface area contributed by atoms with Gasteiger partial charge in [0.15, 0.2) is 0 Å². The van der Waals surface area contributed by atoms with Gasteiger partial charge in [-0.15, -0.1) is 0 Å². The van der Waals surface area contributed by atoms with Crippen molar-refractivity contribution in [3.8, 4) is 0 Å². The minimum atomic E-state index is -4.18. The van der Waals surface area contributed by atoms with E-state index in [1.54, 1.807) is 0 Å². The highest BCUT2D eigenvalue weighted by Crippen LogP contribution is 2.17. The van der Waals surface area contributed by atoms with Gasteiger partial charge in [-0.1, -0.05) is 0 Å². The number of urea groups is 1. The van der Waals surface area contributed by atoms with Gasteiger partial charge in [-0.3, -0.25) is 4.79 Å². The second-order valence-corrected chi connectivity index (χ2v) is 7.56. The summed E-state index contributed by atoms with van der Waals surface area (Å²) >= 11 is 0. The predicted octanol–water partition coefficient (Wildman–Crippen LogP) is 0.749. The highest BCUT2D eigenvalue weighted by atomic mass is 32.2. The number of nitrogens with one attached hydrogen (secondary N) is 2. The van der Waals surface area contributed by atoms with Crippen LogP contribution in [0.4, 0.5) is 13.6 Å². The van der Waals surface area contributed by atoms with E-state index in [0.29, 0.717) is 25.5 Å². The number of carboxylic acid groups (broad SMARTS) is 1. The first-order valence-electron chi connectivity index (χ1n) is 7.91.